The summed E-state index contributed by atoms with van der Waals surface area (Å²) in [5.41, 5.74) is -0.916. The zero-order chi connectivity index (χ0) is 80.5. The number of carbonyl (C=O) groups is 11. The van der Waals surface area contributed by atoms with Gasteiger partial charge in [-0.15, -0.1) is 46.1 Å². The van der Waals surface area contributed by atoms with Crippen LogP contribution in [0.15, 0.2) is 5.28 Å². The van der Waals surface area contributed by atoms with Crippen molar-refractivity contribution in [2.75, 3.05) is 165 Å². The van der Waals surface area contributed by atoms with Crippen LogP contribution in [0.5, 0.6) is 0 Å². The number of hydrogen-bond acceptors (Lipinski definition) is 25. The number of carboxylic acid groups (broad SMARTS) is 2. The van der Waals surface area contributed by atoms with Gasteiger partial charge in [0.05, 0.1) is 31.5 Å². The Morgan fingerprint density at radius 1 is 0.563 bits per heavy atom. The van der Waals surface area contributed by atoms with Gasteiger partial charge < -0.3 is 91.5 Å². The molecule has 4 atom stereocenters. The Labute approximate surface area is 654 Å². The number of carboxylic acids is 2. The van der Waals surface area contributed by atoms with Gasteiger partial charge in [-0.25, -0.2) is 24.0 Å². The van der Waals surface area contributed by atoms with Gasteiger partial charge in [0.1, 0.15) is 36.7 Å². The average molecular weight is 1610 g/mol. The molecule has 0 spiro atoms. The Bertz CT molecular complexity index is 2530. The van der Waals surface area contributed by atoms with Crippen molar-refractivity contribution < 1.29 is 131 Å². The maximum absolute atomic E-state index is 12.6. The van der Waals surface area contributed by atoms with Crippen LogP contribution >= 0.6 is 70.2 Å². The summed E-state index contributed by atoms with van der Waals surface area (Å²) < 4.78 is 48.1. The molecule has 33 nitrogen and oxygen atoms in total. The summed E-state index contributed by atoms with van der Waals surface area (Å²) in [5, 5.41) is 65.8. The minimum atomic E-state index is -5.08. The van der Waals surface area contributed by atoms with Crippen molar-refractivity contribution in [2.24, 2.45) is 5.28 Å². The molecule has 0 aromatic rings. The number of thioether (sulfide) groups is 4. The van der Waals surface area contributed by atoms with Crippen molar-refractivity contribution in [1.82, 2.24) is 61.6 Å². The van der Waals surface area contributed by atoms with Crippen molar-refractivity contribution in [1.29, 1.82) is 0 Å². The zero-order valence-corrected chi connectivity index (χ0v) is 68.8. The molecule has 4 unspecified atom stereocenters. The van der Waals surface area contributed by atoms with E-state index in [9.17, 15) is 71.5 Å². The molecule has 103 heavy (non-hydrogen) atoms. The SMILES string of the molecule is CC(C)(C)OC(=O)N1CCNCC1.CO.CSCCC(NC(C)=O)C(=O)N1CCN(C(=O)OC(C)(C)C)CC1.CSCCC(NC(C)=O)C(=O)N1CCNCC1.CSCCC(NC(C)=O)C(=O)O.CSCCC(NC(C)=O)C(=O)ON1CCN(/[N+]([O-])=N/[O-])CC1.ClCCl.O=C(O)C(F)(F)F.[2H]C#C.[Na+]. The first-order chi connectivity index (χ1) is 48.1. The normalized spacial score (nSPS) is 15.4. The molecule has 0 aromatic carbocycles. The largest absolute Gasteiger partial charge is 1.00 e. The Balaban J connectivity index is -0.000000279. The van der Waals surface area contributed by atoms with Gasteiger partial charge in [0.15, 0.2) is 0 Å². The van der Waals surface area contributed by atoms with Crippen molar-refractivity contribution in [3.63, 3.8) is 0 Å². The molecule has 9 N–H and O–H groups in total. The van der Waals surface area contributed by atoms with Crippen LogP contribution in [0.25, 0.3) is 0 Å². The first-order valence-electron chi connectivity index (χ1n) is 32.1. The van der Waals surface area contributed by atoms with E-state index in [4.69, 9.17) is 59.0 Å². The molecule has 4 saturated heterocycles. The van der Waals surface area contributed by atoms with Gasteiger partial charge in [0.2, 0.25) is 35.4 Å². The van der Waals surface area contributed by atoms with Crippen LogP contribution in [-0.2, 0) is 57.5 Å². The number of aliphatic hydroxyl groups excluding tert-OH is 1. The number of carbonyl (C=O) groups excluding carboxylic acids is 9. The van der Waals surface area contributed by atoms with Crippen LogP contribution in [0.1, 0.15) is 96.3 Å². The van der Waals surface area contributed by atoms with E-state index in [2.05, 4.69) is 43.6 Å². The van der Waals surface area contributed by atoms with Crippen LogP contribution in [0, 0.1) is 23.2 Å². The Morgan fingerprint density at radius 3 is 1.13 bits per heavy atom. The number of terminal acetylenes is 1. The molecule has 594 valence electrons. The van der Waals surface area contributed by atoms with E-state index in [1.807, 2.05) is 71.5 Å². The van der Waals surface area contributed by atoms with Crippen LogP contribution in [-0.4, -0.2) is 322 Å². The van der Waals surface area contributed by atoms with Gasteiger partial charge in [-0.3, -0.25) is 28.8 Å². The Hall–Kier alpha value is -5.06. The first-order valence-corrected chi connectivity index (χ1v) is 38.2. The molecule has 0 radical (unpaired) electrons. The molecule has 4 fully saturated rings. The molecule has 0 aromatic heterocycles. The standard InChI is InChI=1S/C16H29N3O4S.C11H21N5O5S.C11H21N3O2S.C9H18N2O2.C7H13NO3S.C2HF3O2.C2H2.CH2Cl2.CH4O.Na/c1-12(20)17-13(6-11-24-5)14(21)18-7-9-19(10-8-18)15(22)23-16(2,3)4;1-9(17)12-10(3-8-22-2)11(18)21-15-6-4-14(5-7-15)16(20)13-19;1-9(15)13-10(3-8-17-2)11(16)14-6-4-12-5-7-14;1-9(2,3)13-8(12)11-6-4-10-5-7-11;1-5(9)8-6(7(10)11)3-4-12-2;3-2(4,5)1(6)7;1-2;2-1-3;1-2;/h13H,6-11H2,1-5H3,(H,17,20);10,19H,3-8H2,1-2H3,(H,12,17);10,12H,3-8H2,1-2H3,(H,13,15);10H,4-7H2,1-3H3;6H,3-4H2,1-2H3,(H,8,9)(H,10,11);(H,6,7);1-2H;1H2;2H,1H3;/q;;;;;;;;;+1/p-1/b;16-13-;;;;;;;;/i;;;;;;1D;;;. The Morgan fingerprint density at radius 2 is 0.835 bits per heavy atom. The third kappa shape index (κ3) is 59.7. The van der Waals surface area contributed by atoms with Crippen molar-refractivity contribution in [2.45, 2.75) is 136 Å². The number of nitrogens with one attached hydrogen (secondary N) is 6. The van der Waals surface area contributed by atoms with Crippen LogP contribution in [0.3, 0.4) is 0 Å². The predicted molar refractivity (Wildman–Crippen MR) is 392 cm³/mol. The molecule has 43 heteroatoms. The monoisotopic (exact) mass is 1610 g/mol. The second kappa shape index (κ2) is 64.1. The molecule has 0 saturated carbocycles. The molecular formula is C60H110Cl2F3N14NaO19S4. The minimum absolute atomic E-state index is 0. The fourth-order valence-corrected chi connectivity index (χ4v) is 9.95. The summed E-state index contributed by atoms with van der Waals surface area (Å²) in [5.74, 6) is -2.12. The van der Waals surface area contributed by atoms with Gasteiger partial charge in [-0.2, -0.15) is 60.2 Å². The maximum Gasteiger partial charge on any atom is 1.00 e. The van der Waals surface area contributed by atoms with Crippen LogP contribution in [0.2, 0.25) is 0 Å². The number of alkyl halides is 5. The van der Waals surface area contributed by atoms with Gasteiger partial charge in [-0.05, 0) is 121 Å². The number of aliphatic hydroxyl groups is 1. The van der Waals surface area contributed by atoms with E-state index >= 15 is 0 Å². The number of halogens is 5. The summed E-state index contributed by atoms with van der Waals surface area (Å²) in [7, 11) is 1.00. The number of hydroxylamine groups is 2. The van der Waals surface area contributed by atoms with Gasteiger partial charge in [0, 0.05) is 118 Å². The third-order valence-corrected chi connectivity index (χ3v) is 15.1. The van der Waals surface area contributed by atoms with Gasteiger partial charge >= 0.3 is 65.8 Å². The number of amides is 8. The van der Waals surface area contributed by atoms with Crippen LogP contribution in [0.4, 0.5) is 22.8 Å². The fourth-order valence-electron chi connectivity index (χ4n) is 8.06. The van der Waals surface area contributed by atoms with E-state index in [1.165, 1.54) is 44.2 Å². The zero-order valence-electron chi connectivity index (χ0n) is 63.0. The minimum Gasteiger partial charge on any atom is -0.737 e. The van der Waals surface area contributed by atoms with E-state index in [1.54, 1.807) is 61.7 Å². The predicted octanol–water partition coefficient (Wildman–Crippen LogP) is 0.767. The maximum atomic E-state index is 12.6. The average Bonchev–Trinajstić information content (AvgIpc) is 0.852. The van der Waals surface area contributed by atoms with E-state index in [0.29, 0.717) is 57.6 Å². The second-order valence-electron chi connectivity index (χ2n) is 23.1. The number of nitrogens with zero attached hydrogens (tertiary/aromatic N) is 8. The smallest absolute Gasteiger partial charge is 0.737 e. The number of piperazine rings is 4. The van der Waals surface area contributed by atoms with Crippen LogP contribution < -0.4 is 61.5 Å². The Kier molecular flexibility index (Phi) is 66.4. The molecule has 4 aliphatic rings. The molecular weight excluding hydrogens is 1500 g/mol. The van der Waals surface area contributed by atoms with Gasteiger partial charge in [-0.1, -0.05) is 0 Å². The summed E-state index contributed by atoms with van der Waals surface area (Å²) in [6.45, 7) is 25.8. The number of rotatable bonds is 22. The molecule has 0 aliphatic carbocycles. The molecule has 4 heterocycles. The molecule has 8 amide bonds. The summed E-state index contributed by atoms with van der Waals surface area (Å²) in [4.78, 5) is 136. The molecule has 0 bridgehead atoms. The fraction of sp³-hybridized carbons (Fsp3) is 0.783. The summed E-state index contributed by atoms with van der Waals surface area (Å²) in [6.07, 6.45) is 10.1. The number of ether oxygens (including phenoxy) is 2. The topological polar surface area (TPSA) is 429 Å². The molecule has 4 aliphatic heterocycles. The number of hydrazine groups is 1. The van der Waals surface area contributed by atoms with E-state index in [0.717, 1.165) is 76.7 Å². The first kappa shape index (κ1) is 107. The van der Waals surface area contributed by atoms with E-state index < -0.39 is 47.8 Å². The third-order valence-electron chi connectivity index (χ3n) is 12.6. The second-order valence-corrected chi connectivity index (χ2v) is 27.8. The quantitative estimate of drug-likeness (QED) is 0.0180. The van der Waals surface area contributed by atoms with Crippen molar-refractivity contribution in [3.8, 4) is 12.8 Å². The van der Waals surface area contributed by atoms with Crippen molar-refractivity contribution >= 4 is 136 Å². The number of aliphatic carboxylic acids is 2. The van der Waals surface area contributed by atoms with Crippen molar-refractivity contribution in [3.05, 3.63) is 10.4 Å². The number of hydrogen-bond donors (Lipinski definition) is 9. The molecule has 4 rings (SSSR count). The summed E-state index contributed by atoms with van der Waals surface area (Å²) in [6, 6.07) is -2.30. The van der Waals surface area contributed by atoms with Gasteiger partial charge in [0.25, 0.3) is 0 Å². The van der Waals surface area contributed by atoms with E-state index in [-0.39, 0.29) is 125 Å². The summed E-state index contributed by atoms with van der Waals surface area (Å²) >= 11 is 16.0.